The average molecular weight is 261 g/mol. The topological polar surface area (TPSA) is 39.1 Å². The Morgan fingerprint density at radius 1 is 1.37 bits per heavy atom. The van der Waals surface area contributed by atoms with Crippen molar-refractivity contribution in [1.82, 2.24) is 5.32 Å². The van der Waals surface area contributed by atoms with Gasteiger partial charge in [0.1, 0.15) is 5.82 Å². The molecular formula is C15H20FN3. The number of anilines is 1. The summed E-state index contributed by atoms with van der Waals surface area (Å²) in [5.41, 5.74) is 1.23. The summed E-state index contributed by atoms with van der Waals surface area (Å²) in [4.78, 5) is 2.18. The standard InChI is InChI=1S/C15H20FN3/c1-18-5-2-12-3-6-19(7-4-12)15-9-13(11-17)8-14(16)10-15/h8-10,12,18H,2-7H2,1H3. The highest BCUT2D eigenvalue weighted by Crippen LogP contribution is 2.26. The van der Waals surface area contributed by atoms with Crippen molar-refractivity contribution in [3.63, 3.8) is 0 Å². The number of hydrogen-bond donors (Lipinski definition) is 1. The Hall–Kier alpha value is -1.60. The summed E-state index contributed by atoms with van der Waals surface area (Å²) < 4.78 is 13.4. The third kappa shape index (κ3) is 3.68. The number of nitrogens with one attached hydrogen (secondary N) is 1. The highest BCUT2D eigenvalue weighted by Gasteiger charge is 2.19. The van der Waals surface area contributed by atoms with Crippen LogP contribution in [0.4, 0.5) is 10.1 Å². The van der Waals surface area contributed by atoms with E-state index in [4.69, 9.17) is 5.26 Å². The fourth-order valence-corrected chi connectivity index (χ4v) is 2.65. The molecule has 4 heteroatoms. The molecule has 1 heterocycles. The van der Waals surface area contributed by atoms with Gasteiger partial charge in [0.15, 0.2) is 0 Å². The molecule has 0 aromatic heterocycles. The fraction of sp³-hybridized carbons (Fsp3) is 0.533. The maximum Gasteiger partial charge on any atom is 0.126 e. The van der Waals surface area contributed by atoms with Crippen molar-refractivity contribution in [1.29, 1.82) is 5.26 Å². The Labute approximate surface area is 114 Å². The first kappa shape index (κ1) is 13.8. The Morgan fingerprint density at radius 2 is 2.11 bits per heavy atom. The Morgan fingerprint density at radius 3 is 2.74 bits per heavy atom. The smallest absolute Gasteiger partial charge is 0.126 e. The molecule has 0 spiro atoms. The van der Waals surface area contributed by atoms with Gasteiger partial charge in [-0.15, -0.1) is 0 Å². The van der Waals surface area contributed by atoms with Crippen LogP contribution in [-0.4, -0.2) is 26.7 Å². The van der Waals surface area contributed by atoms with Crippen molar-refractivity contribution in [2.45, 2.75) is 19.3 Å². The van der Waals surface area contributed by atoms with Gasteiger partial charge in [0.05, 0.1) is 11.6 Å². The van der Waals surface area contributed by atoms with E-state index in [9.17, 15) is 4.39 Å². The average Bonchev–Trinajstić information content (AvgIpc) is 2.45. The Kier molecular flexibility index (Phi) is 4.75. The third-order valence-corrected chi connectivity index (χ3v) is 3.79. The van der Waals surface area contributed by atoms with Gasteiger partial charge >= 0.3 is 0 Å². The van der Waals surface area contributed by atoms with E-state index in [1.807, 2.05) is 13.1 Å². The lowest BCUT2D eigenvalue weighted by molar-refractivity contribution is 0.378. The zero-order valence-corrected chi connectivity index (χ0v) is 11.3. The van der Waals surface area contributed by atoms with E-state index in [1.165, 1.54) is 18.6 Å². The Bertz CT molecular complexity index is 459. The first-order valence-electron chi connectivity index (χ1n) is 6.83. The molecule has 0 bridgehead atoms. The number of hydrogen-bond acceptors (Lipinski definition) is 3. The van der Waals surface area contributed by atoms with Crippen LogP contribution in [0.1, 0.15) is 24.8 Å². The lowest BCUT2D eigenvalue weighted by Crippen LogP contribution is -2.34. The summed E-state index contributed by atoms with van der Waals surface area (Å²) in [6.07, 6.45) is 3.48. The largest absolute Gasteiger partial charge is 0.371 e. The van der Waals surface area contributed by atoms with E-state index in [-0.39, 0.29) is 5.82 Å². The Balaban J connectivity index is 1.98. The van der Waals surface area contributed by atoms with Crippen LogP contribution in [0.15, 0.2) is 18.2 Å². The van der Waals surface area contributed by atoms with Crippen LogP contribution in [0.2, 0.25) is 0 Å². The minimum atomic E-state index is -0.327. The summed E-state index contributed by atoms with van der Waals surface area (Å²) in [5, 5.41) is 12.1. The number of halogens is 1. The third-order valence-electron chi connectivity index (χ3n) is 3.79. The molecule has 0 amide bonds. The molecule has 1 aliphatic heterocycles. The summed E-state index contributed by atoms with van der Waals surface area (Å²) in [6.45, 7) is 2.95. The van der Waals surface area contributed by atoms with Gasteiger partial charge in [-0.3, -0.25) is 0 Å². The molecule has 1 aliphatic rings. The van der Waals surface area contributed by atoms with Gasteiger partial charge in [0.25, 0.3) is 0 Å². The van der Waals surface area contributed by atoms with Crippen LogP contribution < -0.4 is 10.2 Å². The number of nitrogens with zero attached hydrogens (tertiary/aromatic N) is 2. The number of piperidine rings is 1. The minimum Gasteiger partial charge on any atom is -0.371 e. The maximum atomic E-state index is 13.4. The van der Waals surface area contributed by atoms with Crippen LogP contribution in [0.3, 0.4) is 0 Å². The van der Waals surface area contributed by atoms with Crippen molar-refractivity contribution in [3.05, 3.63) is 29.6 Å². The first-order chi connectivity index (χ1) is 9.22. The molecule has 19 heavy (non-hydrogen) atoms. The van der Waals surface area contributed by atoms with Crippen LogP contribution in [0.25, 0.3) is 0 Å². The predicted octanol–water partition coefficient (Wildman–Crippen LogP) is 2.52. The first-order valence-corrected chi connectivity index (χ1v) is 6.83. The maximum absolute atomic E-state index is 13.4. The summed E-state index contributed by atoms with van der Waals surface area (Å²) >= 11 is 0. The minimum absolute atomic E-state index is 0.327. The fourth-order valence-electron chi connectivity index (χ4n) is 2.65. The van der Waals surface area contributed by atoms with E-state index < -0.39 is 0 Å². The highest BCUT2D eigenvalue weighted by molar-refractivity contribution is 5.52. The summed E-state index contributed by atoms with van der Waals surface area (Å²) in [6, 6.07) is 6.59. The monoisotopic (exact) mass is 261 g/mol. The van der Waals surface area contributed by atoms with Gasteiger partial charge in [-0.05, 0) is 57.0 Å². The molecule has 1 N–H and O–H groups in total. The highest BCUT2D eigenvalue weighted by atomic mass is 19.1. The molecule has 2 rings (SSSR count). The molecule has 1 aromatic rings. The van der Waals surface area contributed by atoms with E-state index in [0.29, 0.717) is 5.56 Å². The SMILES string of the molecule is CNCCC1CCN(c2cc(F)cc(C#N)c2)CC1. The second kappa shape index (κ2) is 6.53. The van der Waals surface area contributed by atoms with Crippen LogP contribution in [0, 0.1) is 23.1 Å². The zero-order valence-electron chi connectivity index (χ0n) is 11.3. The van der Waals surface area contributed by atoms with E-state index >= 15 is 0 Å². The van der Waals surface area contributed by atoms with E-state index in [1.54, 1.807) is 6.07 Å². The lowest BCUT2D eigenvalue weighted by Gasteiger charge is -2.33. The molecule has 1 saturated heterocycles. The van der Waals surface area contributed by atoms with Crippen LogP contribution in [-0.2, 0) is 0 Å². The molecule has 0 aliphatic carbocycles. The van der Waals surface area contributed by atoms with Gasteiger partial charge in [0, 0.05) is 18.8 Å². The summed E-state index contributed by atoms with van der Waals surface area (Å²) in [5.74, 6) is 0.430. The van der Waals surface area contributed by atoms with Gasteiger partial charge in [-0.1, -0.05) is 0 Å². The lowest BCUT2D eigenvalue weighted by atomic mass is 9.93. The number of nitriles is 1. The molecule has 102 valence electrons. The second-order valence-corrected chi connectivity index (χ2v) is 5.13. The van der Waals surface area contributed by atoms with Gasteiger partial charge < -0.3 is 10.2 Å². The van der Waals surface area contributed by atoms with Crippen molar-refractivity contribution in [3.8, 4) is 6.07 Å². The zero-order chi connectivity index (χ0) is 13.7. The summed E-state index contributed by atoms with van der Waals surface area (Å²) in [7, 11) is 1.98. The molecule has 1 aromatic carbocycles. The molecular weight excluding hydrogens is 241 g/mol. The predicted molar refractivity (Wildman–Crippen MR) is 74.6 cm³/mol. The van der Waals surface area contributed by atoms with Crippen molar-refractivity contribution in [2.24, 2.45) is 5.92 Å². The van der Waals surface area contributed by atoms with Gasteiger partial charge in [-0.25, -0.2) is 4.39 Å². The normalized spacial score (nSPS) is 16.4. The number of rotatable bonds is 4. The molecule has 0 atom stereocenters. The van der Waals surface area contributed by atoms with Gasteiger partial charge in [-0.2, -0.15) is 5.26 Å². The molecule has 0 radical (unpaired) electrons. The second-order valence-electron chi connectivity index (χ2n) is 5.13. The van der Waals surface area contributed by atoms with Crippen molar-refractivity contribution < 1.29 is 4.39 Å². The van der Waals surface area contributed by atoms with Gasteiger partial charge in [0.2, 0.25) is 0 Å². The van der Waals surface area contributed by atoms with Crippen LogP contribution >= 0.6 is 0 Å². The number of benzene rings is 1. The van der Waals surface area contributed by atoms with E-state index in [2.05, 4.69) is 10.2 Å². The molecule has 1 fully saturated rings. The molecule has 3 nitrogen and oxygen atoms in total. The van der Waals surface area contributed by atoms with E-state index in [0.717, 1.165) is 44.1 Å². The van der Waals surface area contributed by atoms with Crippen LogP contribution in [0.5, 0.6) is 0 Å². The molecule has 0 unspecified atom stereocenters. The quantitative estimate of drug-likeness (QED) is 0.905. The molecule has 0 saturated carbocycles. The van der Waals surface area contributed by atoms with Crippen molar-refractivity contribution in [2.75, 3.05) is 31.6 Å². The van der Waals surface area contributed by atoms with Crippen molar-refractivity contribution >= 4 is 5.69 Å².